The lowest BCUT2D eigenvalue weighted by atomic mass is 10.00. The zero-order chi connectivity index (χ0) is 20.2. The van der Waals surface area contributed by atoms with E-state index in [1.807, 2.05) is 28.1 Å². The van der Waals surface area contributed by atoms with Crippen molar-refractivity contribution in [1.82, 2.24) is 24.8 Å². The Morgan fingerprint density at radius 3 is 2.79 bits per heavy atom. The van der Waals surface area contributed by atoms with Gasteiger partial charge in [-0.05, 0) is 43.4 Å². The van der Waals surface area contributed by atoms with Crippen LogP contribution in [0.5, 0.6) is 0 Å². The average molecular weight is 393 g/mol. The van der Waals surface area contributed by atoms with Gasteiger partial charge in [0.2, 0.25) is 11.8 Å². The second-order valence-corrected chi connectivity index (χ2v) is 7.84. The number of carbonyl (C=O) groups is 2. The predicted octanol–water partition coefficient (Wildman–Crippen LogP) is 2.46. The van der Waals surface area contributed by atoms with E-state index in [2.05, 4.69) is 9.97 Å². The van der Waals surface area contributed by atoms with Crippen LogP contribution in [0, 0.1) is 0 Å². The number of aromatic nitrogens is 3. The van der Waals surface area contributed by atoms with E-state index in [-0.39, 0.29) is 17.9 Å². The Hall–Kier alpha value is -2.83. The third-order valence-electron chi connectivity index (χ3n) is 5.89. The van der Waals surface area contributed by atoms with Gasteiger partial charge >= 0.3 is 0 Å². The summed E-state index contributed by atoms with van der Waals surface area (Å²) in [5.74, 6) is 0.990. The molecule has 0 aliphatic carbocycles. The maximum Gasteiger partial charge on any atom is 0.223 e. The van der Waals surface area contributed by atoms with Gasteiger partial charge in [0, 0.05) is 63.6 Å². The fraction of sp³-hybridized carbons (Fsp3) is 0.500. The molecule has 2 aromatic rings. The Bertz CT molecular complexity index is 886. The topological polar surface area (TPSA) is 79.3 Å². The molecular formula is C22H27N5O2. The maximum atomic E-state index is 12.6. The summed E-state index contributed by atoms with van der Waals surface area (Å²) in [7, 11) is 0. The number of fused-ring (bicyclic) bond motifs is 1. The molecule has 0 aromatic carbocycles. The van der Waals surface area contributed by atoms with E-state index < -0.39 is 0 Å². The monoisotopic (exact) mass is 393 g/mol. The first-order valence-corrected chi connectivity index (χ1v) is 10.4. The fourth-order valence-corrected chi connectivity index (χ4v) is 4.24. The molecule has 1 atom stereocenters. The van der Waals surface area contributed by atoms with Gasteiger partial charge in [0.25, 0.3) is 0 Å². The molecule has 2 aliphatic rings. The van der Waals surface area contributed by atoms with Gasteiger partial charge in [-0.2, -0.15) is 0 Å². The largest absolute Gasteiger partial charge is 0.338 e. The lowest BCUT2D eigenvalue weighted by Gasteiger charge is -2.35. The van der Waals surface area contributed by atoms with E-state index >= 15 is 0 Å². The SMILES string of the molecule is CC(=O)N1CCCC[C@H]1c1ncc2c(n1)CCN(C(=O)CCc1ccncc1)C2. The fourth-order valence-electron chi connectivity index (χ4n) is 4.24. The van der Waals surface area contributed by atoms with Crippen molar-refractivity contribution in [1.29, 1.82) is 0 Å². The highest BCUT2D eigenvalue weighted by molar-refractivity contribution is 5.76. The Morgan fingerprint density at radius 1 is 1.17 bits per heavy atom. The van der Waals surface area contributed by atoms with E-state index in [1.54, 1.807) is 19.3 Å². The average Bonchev–Trinajstić information content (AvgIpc) is 2.77. The molecule has 0 spiro atoms. The first kappa shape index (κ1) is 19.5. The number of nitrogens with zero attached hydrogens (tertiary/aromatic N) is 5. The molecule has 152 valence electrons. The molecule has 0 unspecified atom stereocenters. The molecule has 1 saturated heterocycles. The van der Waals surface area contributed by atoms with Crippen LogP contribution in [0.4, 0.5) is 0 Å². The molecule has 7 heteroatoms. The zero-order valence-corrected chi connectivity index (χ0v) is 16.9. The number of pyridine rings is 1. The Labute approximate surface area is 171 Å². The third-order valence-corrected chi connectivity index (χ3v) is 5.89. The minimum atomic E-state index is -0.0217. The molecule has 29 heavy (non-hydrogen) atoms. The van der Waals surface area contributed by atoms with E-state index in [9.17, 15) is 9.59 Å². The van der Waals surface area contributed by atoms with Crippen LogP contribution in [0.15, 0.2) is 30.7 Å². The molecule has 4 rings (SSSR count). The molecule has 4 heterocycles. The smallest absolute Gasteiger partial charge is 0.223 e. The number of amides is 2. The summed E-state index contributed by atoms with van der Waals surface area (Å²) in [5.41, 5.74) is 3.16. The van der Waals surface area contributed by atoms with Crippen molar-refractivity contribution in [3.05, 3.63) is 53.4 Å². The second-order valence-electron chi connectivity index (χ2n) is 7.84. The van der Waals surface area contributed by atoms with E-state index in [0.717, 1.165) is 61.3 Å². The van der Waals surface area contributed by atoms with Crippen molar-refractivity contribution >= 4 is 11.8 Å². The summed E-state index contributed by atoms with van der Waals surface area (Å²) in [6.07, 6.45) is 10.4. The summed E-state index contributed by atoms with van der Waals surface area (Å²) >= 11 is 0. The first-order chi connectivity index (χ1) is 14.1. The van der Waals surface area contributed by atoms with Gasteiger partial charge in [0.1, 0.15) is 0 Å². The van der Waals surface area contributed by atoms with E-state index in [1.165, 1.54) is 0 Å². The van der Waals surface area contributed by atoms with E-state index in [0.29, 0.717) is 19.5 Å². The van der Waals surface area contributed by atoms with Crippen LogP contribution in [0.2, 0.25) is 0 Å². The van der Waals surface area contributed by atoms with Crippen molar-refractivity contribution in [2.24, 2.45) is 0 Å². The molecule has 7 nitrogen and oxygen atoms in total. The highest BCUT2D eigenvalue weighted by atomic mass is 16.2. The lowest BCUT2D eigenvalue weighted by Crippen LogP contribution is -2.39. The molecule has 2 aromatic heterocycles. The predicted molar refractivity (Wildman–Crippen MR) is 108 cm³/mol. The van der Waals surface area contributed by atoms with Crippen LogP contribution in [-0.2, 0) is 29.0 Å². The number of aryl methyl sites for hydroxylation is 1. The molecule has 1 fully saturated rings. The normalized spacial score (nSPS) is 19.0. The Kier molecular flexibility index (Phi) is 5.83. The summed E-state index contributed by atoms with van der Waals surface area (Å²) in [5, 5.41) is 0. The number of likely N-dealkylation sites (tertiary alicyclic amines) is 1. The molecule has 0 N–H and O–H groups in total. The lowest BCUT2D eigenvalue weighted by molar-refractivity contribution is -0.133. The highest BCUT2D eigenvalue weighted by Gasteiger charge is 2.29. The van der Waals surface area contributed by atoms with Gasteiger partial charge in [0.15, 0.2) is 5.82 Å². The molecule has 0 bridgehead atoms. The molecule has 2 amide bonds. The number of rotatable bonds is 4. The quantitative estimate of drug-likeness (QED) is 0.797. The van der Waals surface area contributed by atoms with Crippen LogP contribution in [0.25, 0.3) is 0 Å². The second kappa shape index (κ2) is 8.68. The van der Waals surface area contributed by atoms with Crippen molar-refractivity contribution in [2.45, 2.75) is 58.0 Å². The molecular weight excluding hydrogens is 366 g/mol. The number of hydrogen-bond acceptors (Lipinski definition) is 5. The maximum absolute atomic E-state index is 12.6. The van der Waals surface area contributed by atoms with Crippen molar-refractivity contribution < 1.29 is 9.59 Å². The van der Waals surface area contributed by atoms with Crippen molar-refractivity contribution in [2.75, 3.05) is 13.1 Å². The van der Waals surface area contributed by atoms with Crippen LogP contribution >= 0.6 is 0 Å². The minimum absolute atomic E-state index is 0.0217. The minimum Gasteiger partial charge on any atom is -0.338 e. The number of carbonyl (C=O) groups excluding carboxylic acids is 2. The zero-order valence-electron chi connectivity index (χ0n) is 16.9. The van der Waals surface area contributed by atoms with Gasteiger partial charge in [-0.15, -0.1) is 0 Å². The van der Waals surface area contributed by atoms with Gasteiger partial charge in [-0.3, -0.25) is 14.6 Å². The standard InChI is InChI=1S/C22H27N5O2/c1-16(28)27-12-3-2-4-20(27)22-24-14-18-15-26(13-9-19(18)25-22)21(29)6-5-17-7-10-23-11-8-17/h7-8,10-11,14,20H,2-6,9,12-13,15H2,1H3/t20-/m0/s1. The Morgan fingerprint density at radius 2 is 2.00 bits per heavy atom. The van der Waals surface area contributed by atoms with Crippen molar-refractivity contribution in [3.63, 3.8) is 0 Å². The van der Waals surface area contributed by atoms with Gasteiger partial charge in [-0.1, -0.05) is 0 Å². The third kappa shape index (κ3) is 4.44. The molecule has 2 aliphatic heterocycles. The first-order valence-electron chi connectivity index (χ1n) is 10.4. The molecule has 0 saturated carbocycles. The summed E-state index contributed by atoms with van der Waals surface area (Å²) in [4.78, 5) is 41.8. The number of piperidine rings is 1. The van der Waals surface area contributed by atoms with Gasteiger partial charge in [0.05, 0.1) is 11.7 Å². The summed E-state index contributed by atoms with van der Waals surface area (Å²) in [6.45, 7) is 3.64. The van der Waals surface area contributed by atoms with Crippen LogP contribution in [0.1, 0.15) is 61.3 Å². The van der Waals surface area contributed by atoms with Crippen LogP contribution < -0.4 is 0 Å². The van der Waals surface area contributed by atoms with Crippen LogP contribution in [-0.4, -0.2) is 49.7 Å². The van der Waals surface area contributed by atoms with Crippen LogP contribution in [0.3, 0.4) is 0 Å². The summed E-state index contributed by atoms with van der Waals surface area (Å²) in [6, 6.07) is 3.87. The summed E-state index contributed by atoms with van der Waals surface area (Å²) < 4.78 is 0. The van der Waals surface area contributed by atoms with Gasteiger partial charge in [-0.25, -0.2) is 9.97 Å². The van der Waals surface area contributed by atoms with Crippen molar-refractivity contribution in [3.8, 4) is 0 Å². The highest BCUT2D eigenvalue weighted by Crippen LogP contribution is 2.30. The van der Waals surface area contributed by atoms with Gasteiger partial charge < -0.3 is 9.80 Å². The Balaban J connectivity index is 1.41. The van der Waals surface area contributed by atoms with E-state index in [4.69, 9.17) is 4.98 Å². The number of hydrogen-bond donors (Lipinski definition) is 0. The molecule has 0 radical (unpaired) electrons.